The number of rotatable bonds is 2. The number of hydrogen-bond acceptors (Lipinski definition) is 3. The summed E-state index contributed by atoms with van der Waals surface area (Å²) in [6, 6.07) is 1.76. The number of nitrogen functional groups attached to an aromatic ring is 1. The molecule has 0 fully saturated rings. The van der Waals surface area contributed by atoms with Crippen LogP contribution in [0.2, 0.25) is 0 Å². The smallest absolute Gasteiger partial charge is 0.138 e. The average molecular weight is 262 g/mol. The van der Waals surface area contributed by atoms with Crippen molar-refractivity contribution in [1.29, 1.82) is 10.8 Å². The van der Waals surface area contributed by atoms with Crippen LogP contribution in [0.1, 0.15) is 43.0 Å². The molecule has 0 saturated carbocycles. The third kappa shape index (κ3) is 5.28. The maximum absolute atomic E-state index is 7.21. The van der Waals surface area contributed by atoms with Gasteiger partial charge in [0.15, 0.2) is 0 Å². The standard InChI is InChI=1S/C7H8ClN3S.2C2H6/c1-3-2-4(7(10)11)5(12-3)6(8)9;2*1-2/h2,9H,1H3,(H3,10,11);2*1-2H3. The van der Waals surface area contributed by atoms with E-state index in [0.717, 1.165) is 4.88 Å². The van der Waals surface area contributed by atoms with E-state index in [2.05, 4.69) is 0 Å². The molecular formula is C11H20ClN3S. The molecule has 1 aromatic heterocycles. The Hall–Kier alpha value is -0.870. The maximum Gasteiger partial charge on any atom is 0.138 e. The monoisotopic (exact) mass is 261 g/mol. The minimum Gasteiger partial charge on any atom is -0.384 e. The van der Waals surface area contributed by atoms with E-state index in [4.69, 9.17) is 28.2 Å². The Labute approximate surface area is 107 Å². The van der Waals surface area contributed by atoms with Gasteiger partial charge >= 0.3 is 0 Å². The first kappa shape index (κ1) is 17.5. The SMILES string of the molecule is CC.CC.Cc1cc(C(=N)N)c(C(=N)Cl)s1. The molecule has 0 amide bonds. The highest BCUT2D eigenvalue weighted by molar-refractivity contribution is 7.16. The summed E-state index contributed by atoms with van der Waals surface area (Å²) in [5, 5.41) is 14.4. The van der Waals surface area contributed by atoms with Crippen LogP contribution in [-0.2, 0) is 0 Å². The largest absolute Gasteiger partial charge is 0.384 e. The van der Waals surface area contributed by atoms with Crippen molar-refractivity contribution in [3.8, 4) is 0 Å². The quantitative estimate of drug-likeness (QED) is 0.547. The van der Waals surface area contributed by atoms with Crippen molar-refractivity contribution in [2.24, 2.45) is 5.73 Å². The third-order valence-electron chi connectivity index (χ3n) is 1.34. The molecule has 0 aromatic carbocycles. The van der Waals surface area contributed by atoms with Gasteiger partial charge in [0, 0.05) is 10.4 Å². The lowest BCUT2D eigenvalue weighted by atomic mass is 10.2. The van der Waals surface area contributed by atoms with Crippen LogP contribution in [0.4, 0.5) is 0 Å². The van der Waals surface area contributed by atoms with Crippen molar-refractivity contribution in [2.75, 3.05) is 0 Å². The molecule has 0 saturated heterocycles. The van der Waals surface area contributed by atoms with E-state index in [9.17, 15) is 0 Å². The van der Waals surface area contributed by atoms with Crippen LogP contribution in [0.3, 0.4) is 0 Å². The van der Waals surface area contributed by atoms with Gasteiger partial charge in [-0.25, -0.2) is 0 Å². The fraction of sp³-hybridized carbons (Fsp3) is 0.455. The number of thiophene rings is 1. The summed E-state index contributed by atoms with van der Waals surface area (Å²) in [7, 11) is 0. The molecule has 1 heterocycles. The van der Waals surface area contributed by atoms with E-state index < -0.39 is 0 Å². The molecule has 4 N–H and O–H groups in total. The minimum absolute atomic E-state index is 0.0419. The summed E-state index contributed by atoms with van der Waals surface area (Å²) in [4.78, 5) is 1.57. The molecule has 0 spiro atoms. The topological polar surface area (TPSA) is 73.7 Å². The fourth-order valence-electron chi connectivity index (χ4n) is 0.877. The average Bonchev–Trinajstić information content (AvgIpc) is 2.66. The summed E-state index contributed by atoms with van der Waals surface area (Å²) in [5.74, 6) is -0.0419. The van der Waals surface area contributed by atoms with Gasteiger partial charge in [-0.1, -0.05) is 39.3 Å². The van der Waals surface area contributed by atoms with E-state index in [1.54, 1.807) is 6.07 Å². The molecule has 0 aliphatic heterocycles. The summed E-state index contributed by atoms with van der Waals surface area (Å²) >= 11 is 6.88. The Kier molecular flexibility index (Phi) is 10.3. The Morgan fingerprint density at radius 2 is 1.69 bits per heavy atom. The lowest BCUT2D eigenvalue weighted by molar-refractivity contribution is 1.43. The van der Waals surface area contributed by atoms with Gasteiger partial charge < -0.3 is 5.73 Å². The van der Waals surface area contributed by atoms with Gasteiger partial charge in [-0.05, 0) is 13.0 Å². The van der Waals surface area contributed by atoms with Crippen LogP contribution in [0, 0.1) is 17.7 Å². The van der Waals surface area contributed by atoms with E-state index in [0.29, 0.717) is 10.4 Å². The van der Waals surface area contributed by atoms with E-state index in [1.165, 1.54) is 11.3 Å². The molecule has 0 radical (unpaired) electrons. The number of halogens is 1. The highest BCUT2D eigenvalue weighted by Crippen LogP contribution is 2.22. The molecule has 1 rings (SSSR count). The van der Waals surface area contributed by atoms with Crippen LogP contribution in [0.25, 0.3) is 0 Å². The second kappa shape index (κ2) is 9.36. The van der Waals surface area contributed by atoms with Gasteiger partial charge in [0.2, 0.25) is 0 Å². The van der Waals surface area contributed by atoms with Gasteiger partial charge in [0.1, 0.15) is 11.0 Å². The van der Waals surface area contributed by atoms with Crippen molar-refractivity contribution < 1.29 is 0 Å². The summed E-state index contributed by atoms with van der Waals surface area (Å²) in [6.07, 6.45) is 0. The first-order valence-corrected chi connectivity index (χ1v) is 6.41. The Balaban J connectivity index is 0. The first-order valence-electron chi connectivity index (χ1n) is 5.21. The Morgan fingerprint density at radius 3 is 1.94 bits per heavy atom. The number of aryl methyl sites for hydroxylation is 1. The van der Waals surface area contributed by atoms with Gasteiger partial charge in [0.25, 0.3) is 0 Å². The molecule has 5 heteroatoms. The number of nitrogens with two attached hydrogens (primary N) is 1. The van der Waals surface area contributed by atoms with Crippen LogP contribution in [0.15, 0.2) is 6.07 Å². The zero-order chi connectivity index (χ0) is 13.3. The van der Waals surface area contributed by atoms with Crippen molar-refractivity contribution in [1.82, 2.24) is 0 Å². The maximum atomic E-state index is 7.21. The first-order chi connectivity index (χ1) is 7.52. The third-order valence-corrected chi connectivity index (χ3v) is 2.71. The molecule has 92 valence electrons. The lowest BCUT2D eigenvalue weighted by Crippen LogP contribution is -2.12. The number of amidine groups is 1. The van der Waals surface area contributed by atoms with Crippen LogP contribution in [-0.4, -0.2) is 11.0 Å². The number of hydrogen-bond donors (Lipinski definition) is 3. The van der Waals surface area contributed by atoms with Crippen molar-refractivity contribution in [3.63, 3.8) is 0 Å². The van der Waals surface area contributed by atoms with Crippen LogP contribution >= 0.6 is 22.9 Å². The van der Waals surface area contributed by atoms with E-state index >= 15 is 0 Å². The molecular weight excluding hydrogens is 242 g/mol. The predicted molar refractivity (Wildman–Crippen MR) is 75.4 cm³/mol. The predicted octanol–water partition coefficient (Wildman–Crippen LogP) is 3.96. The minimum atomic E-state index is -0.0571. The second-order valence-electron chi connectivity index (χ2n) is 2.33. The molecule has 3 nitrogen and oxygen atoms in total. The normalized spacial score (nSPS) is 8.12. The number of nitrogens with one attached hydrogen (secondary N) is 2. The molecule has 1 aromatic rings. The van der Waals surface area contributed by atoms with Crippen molar-refractivity contribution in [2.45, 2.75) is 34.6 Å². The summed E-state index contributed by atoms with van der Waals surface area (Å²) in [6.45, 7) is 9.89. The highest BCUT2D eigenvalue weighted by Gasteiger charge is 2.11. The van der Waals surface area contributed by atoms with E-state index in [-0.39, 0.29) is 11.0 Å². The van der Waals surface area contributed by atoms with Gasteiger partial charge in [-0.15, -0.1) is 11.3 Å². The second-order valence-corrected chi connectivity index (χ2v) is 3.96. The van der Waals surface area contributed by atoms with Crippen LogP contribution < -0.4 is 5.73 Å². The van der Waals surface area contributed by atoms with Crippen LogP contribution in [0.5, 0.6) is 0 Å². The Morgan fingerprint density at radius 1 is 1.25 bits per heavy atom. The van der Waals surface area contributed by atoms with Gasteiger partial charge in [0.05, 0.1) is 4.88 Å². The highest BCUT2D eigenvalue weighted by atomic mass is 35.5. The molecule has 0 atom stereocenters. The van der Waals surface area contributed by atoms with E-state index in [1.807, 2.05) is 34.6 Å². The zero-order valence-corrected chi connectivity index (χ0v) is 12.0. The lowest BCUT2D eigenvalue weighted by Gasteiger charge is -1.95. The summed E-state index contributed by atoms with van der Waals surface area (Å²) in [5.41, 5.74) is 5.85. The Bertz CT molecular complexity index is 313. The van der Waals surface area contributed by atoms with Crippen molar-refractivity contribution >= 4 is 33.9 Å². The van der Waals surface area contributed by atoms with Gasteiger partial charge in [-0.2, -0.15) is 0 Å². The van der Waals surface area contributed by atoms with Crippen molar-refractivity contribution in [3.05, 3.63) is 21.4 Å². The summed E-state index contributed by atoms with van der Waals surface area (Å²) < 4.78 is 0. The molecule has 16 heavy (non-hydrogen) atoms. The van der Waals surface area contributed by atoms with Gasteiger partial charge in [-0.3, -0.25) is 10.8 Å². The molecule has 0 unspecified atom stereocenters. The zero-order valence-electron chi connectivity index (χ0n) is 10.4. The molecule has 0 aliphatic carbocycles. The molecule has 0 bridgehead atoms. The fourth-order valence-corrected chi connectivity index (χ4v) is 1.96. The molecule has 0 aliphatic rings.